The molecule has 2 heterocycles. The summed E-state index contributed by atoms with van der Waals surface area (Å²) in [4.78, 5) is 7.68. The van der Waals surface area contributed by atoms with Gasteiger partial charge in [-0.25, -0.2) is 0 Å². The first-order valence-electron chi connectivity index (χ1n) is 10.6. The van der Waals surface area contributed by atoms with Crippen molar-refractivity contribution in [3.63, 3.8) is 0 Å². The molecule has 5 heteroatoms. The molecule has 2 aromatic rings. The number of nitrogens with one attached hydrogen (secondary N) is 1. The summed E-state index contributed by atoms with van der Waals surface area (Å²) in [5, 5.41) is 3.19. The van der Waals surface area contributed by atoms with E-state index >= 15 is 0 Å². The zero-order chi connectivity index (χ0) is 19.3. The number of nitrogens with zero attached hydrogens (tertiary/aromatic N) is 3. The minimum atomic E-state index is 0.825. The predicted molar refractivity (Wildman–Crippen MR) is 120 cm³/mol. The maximum Gasteiger partial charge on any atom is 0.0368 e. The van der Waals surface area contributed by atoms with Gasteiger partial charge >= 0.3 is 0 Å². The summed E-state index contributed by atoms with van der Waals surface area (Å²) in [6.45, 7) is 8.17. The van der Waals surface area contributed by atoms with Crippen LogP contribution in [0.3, 0.4) is 0 Å². The Balaban J connectivity index is 1.21. The van der Waals surface area contributed by atoms with Gasteiger partial charge in [-0.05, 0) is 67.3 Å². The lowest BCUT2D eigenvalue weighted by molar-refractivity contribution is 0.201. The molecule has 2 aliphatic rings. The van der Waals surface area contributed by atoms with Crippen molar-refractivity contribution in [3.8, 4) is 0 Å². The van der Waals surface area contributed by atoms with E-state index in [1.165, 1.54) is 49.5 Å². The van der Waals surface area contributed by atoms with Crippen LogP contribution in [-0.2, 0) is 0 Å². The molecule has 0 spiro atoms. The summed E-state index contributed by atoms with van der Waals surface area (Å²) >= 11 is 0. The first-order chi connectivity index (χ1) is 13.7. The Morgan fingerprint density at radius 1 is 0.786 bits per heavy atom. The number of hydrogen-bond donors (Lipinski definition) is 2. The molecule has 150 valence electrons. The van der Waals surface area contributed by atoms with Crippen molar-refractivity contribution in [1.82, 2.24) is 4.90 Å². The average Bonchev–Trinajstić information content (AvgIpc) is 2.76. The highest BCUT2D eigenvalue weighted by molar-refractivity contribution is 5.55. The van der Waals surface area contributed by atoms with E-state index in [-0.39, 0.29) is 0 Å². The molecule has 0 saturated carbocycles. The molecule has 2 aliphatic heterocycles. The number of hydrogen-bond acceptors (Lipinski definition) is 5. The van der Waals surface area contributed by atoms with Gasteiger partial charge in [0.15, 0.2) is 0 Å². The Hall–Kier alpha value is -2.40. The SMILES string of the molecule is CNc1ccc(N2CCN(CC3CCN(c4ccc(N)cc4)CC3)CC2)cc1. The maximum atomic E-state index is 5.81. The van der Waals surface area contributed by atoms with Crippen molar-refractivity contribution in [3.05, 3.63) is 48.5 Å². The van der Waals surface area contributed by atoms with Crippen LogP contribution in [0.4, 0.5) is 22.7 Å². The molecule has 4 rings (SSSR count). The zero-order valence-corrected chi connectivity index (χ0v) is 17.0. The highest BCUT2D eigenvalue weighted by Crippen LogP contribution is 2.25. The molecule has 0 radical (unpaired) electrons. The lowest BCUT2D eigenvalue weighted by Gasteiger charge is -2.40. The first kappa shape index (κ1) is 18.9. The Morgan fingerprint density at radius 3 is 1.89 bits per heavy atom. The van der Waals surface area contributed by atoms with E-state index in [1.54, 1.807) is 0 Å². The molecule has 28 heavy (non-hydrogen) atoms. The molecule has 0 amide bonds. The highest BCUT2D eigenvalue weighted by atomic mass is 15.3. The Bertz CT molecular complexity index is 727. The van der Waals surface area contributed by atoms with Crippen LogP contribution in [0.2, 0.25) is 0 Å². The summed E-state index contributed by atoms with van der Waals surface area (Å²) in [6, 6.07) is 17.1. The van der Waals surface area contributed by atoms with Gasteiger partial charge in [0.25, 0.3) is 0 Å². The zero-order valence-electron chi connectivity index (χ0n) is 17.0. The van der Waals surface area contributed by atoms with Crippen LogP contribution < -0.4 is 20.9 Å². The van der Waals surface area contributed by atoms with Gasteiger partial charge in [-0.3, -0.25) is 4.90 Å². The van der Waals surface area contributed by atoms with E-state index in [0.717, 1.165) is 37.8 Å². The second-order valence-corrected chi connectivity index (χ2v) is 8.11. The molecule has 2 saturated heterocycles. The Morgan fingerprint density at radius 2 is 1.32 bits per heavy atom. The number of benzene rings is 2. The molecule has 0 unspecified atom stereocenters. The first-order valence-corrected chi connectivity index (χ1v) is 10.6. The monoisotopic (exact) mass is 379 g/mol. The van der Waals surface area contributed by atoms with Gasteiger partial charge < -0.3 is 20.9 Å². The van der Waals surface area contributed by atoms with Crippen molar-refractivity contribution in [2.24, 2.45) is 5.92 Å². The van der Waals surface area contributed by atoms with Gasteiger partial charge in [-0.2, -0.15) is 0 Å². The van der Waals surface area contributed by atoms with Gasteiger partial charge in [-0.1, -0.05) is 0 Å². The molecule has 2 aromatic carbocycles. The van der Waals surface area contributed by atoms with E-state index in [1.807, 2.05) is 19.2 Å². The second-order valence-electron chi connectivity index (χ2n) is 8.11. The molecule has 0 aliphatic carbocycles. The van der Waals surface area contributed by atoms with E-state index in [0.29, 0.717) is 0 Å². The molecular formula is C23H33N5. The predicted octanol–water partition coefficient (Wildman–Crippen LogP) is 3.35. The van der Waals surface area contributed by atoms with Crippen molar-refractivity contribution < 1.29 is 0 Å². The van der Waals surface area contributed by atoms with Crippen LogP contribution in [0, 0.1) is 5.92 Å². The fraction of sp³-hybridized carbons (Fsp3) is 0.478. The summed E-state index contributed by atoms with van der Waals surface area (Å²) in [6.07, 6.45) is 2.58. The molecule has 0 aromatic heterocycles. The Labute approximate surface area is 169 Å². The number of nitrogens with two attached hydrogens (primary N) is 1. The molecule has 3 N–H and O–H groups in total. The minimum absolute atomic E-state index is 0.825. The van der Waals surface area contributed by atoms with E-state index in [9.17, 15) is 0 Å². The van der Waals surface area contributed by atoms with Crippen LogP contribution in [0.15, 0.2) is 48.5 Å². The van der Waals surface area contributed by atoms with E-state index < -0.39 is 0 Å². The highest BCUT2D eigenvalue weighted by Gasteiger charge is 2.24. The number of piperidine rings is 1. The van der Waals surface area contributed by atoms with Gasteiger partial charge in [0.2, 0.25) is 0 Å². The minimum Gasteiger partial charge on any atom is -0.399 e. The van der Waals surface area contributed by atoms with Gasteiger partial charge in [-0.15, -0.1) is 0 Å². The lowest BCUT2D eigenvalue weighted by atomic mass is 9.95. The van der Waals surface area contributed by atoms with Gasteiger partial charge in [0.05, 0.1) is 0 Å². The molecule has 2 fully saturated rings. The fourth-order valence-electron chi connectivity index (χ4n) is 4.45. The smallest absolute Gasteiger partial charge is 0.0368 e. The average molecular weight is 380 g/mol. The lowest BCUT2D eigenvalue weighted by Crippen LogP contribution is -2.49. The third-order valence-electron chi connectivity index (χ3n) is 6.28. The van der Waals surface area contributed by atoms with Crippen LogP contribution in [0.25, 0.3) is 0 Å². The number of anilines is 4. The molecule has 0 bridgehead atoms. The van der Waals surface area contributed by atoms with E-state index in [4.69, 9.17) is 5.73 Å². The van der Waals surface area contributed by atoms with E-state index in [2.05, 4.69) is 56.4 Å². The summed E-state index contributed by atoms with van der Waals surface area (Å²) < 4.78 is 0. The number of piperazine rings is 1. The fourth-order valence-corrected chi connectivity index (χ4v) is 4.45. The standard InChI is InChI=1S/C23H33N5/c1-25-21-4-8-23(9-5-21)28-16-14-26(15-17-28)18-19-10-12-27(13-11-19)22-6-2-20(24)3-7-22/h2-9,19,25H,10-18,24H2,1H3. The van der Waals surface area contributed by atoms with Crippen molar-refractivity contribution >= 4 is 22.7 Å². The Kier molecular flexibility index (Phi) is 5.91. The molecule has 0 atom stereocenters. The summed E-state index contributed by atoms with van der Waals surface area (Å²) in [7, 11) is 1.97. The number of nitrogen functional groups attached to an aromatic ring is 1. The topological polar surface area (TPSA) is 47.8 Å². The second kappa shape index (κ2) is 8.74. The third-order valence-corrected chi connectivity index (χ3v) is 6.28. The number of rotatable bonds is 5. The molecular weight excluding hydrogens is 346 g/mol. The van der Waals surface area contributed by atoms with Crippen molar-refractivity contribution in [1.29, 1.82) is 0 Å². The third kappa shape index (κ3) is 4.53. The molecule has 5 nitrogen and oxygen atoms in total. The largest absolute Gasteiger partial charge is 0.399 e. The summed E-state index contributed by atoms with van der Waals surface area (Å²) in [5.41, 5.74) is 10.5. The quantitative estimate of drug-likeness (QED) is 0.780. The normalized spacial score (nSPS) is 19.0. The van der Waals surface area contributed by atoms with Crippen molar-refractivity contribution in [2.45, 2.75) is 12.8 Å². The van der Waals surface area contributed by atoms with Crippen LogP contribution in [0.1, 0.15) is 12.8 Å². The van der Waals surface area contributed by atoms with Crippen LogP contribution >= 0.6 is 0 Å². The van der Waals surface area contributed by atoms with Crippen LogP contribution in [0.5, 0.6) is 0 Å². The van der Waals surface area contributed by atoms with Gasteiger partial charge in [0.1, 0.15) is 0 Å². The summed E-state index contributed by atoms with van der Waals surface area (Å²) in [5.74, 6) is 0.825. The van der Waals surface area contributed by atoms with Crippen molar-refractivity contribution in [2.75, 3.05) is 73.7 Å². The maximum absolute atomic E-state index is 5.81. The van der Waals surface area contributed by atoms with Crippen LogP contribution in [-0.4, -0.2) is 57.8 Å². The van der Waals surface area contributed by atoms with Gasteiger partial charge in [0, 0.05) is 75.6 Å².